The first-order chi connectivity index (χ1) is 37.7. The SMILES string of the molecule is CCCCCCCC/C=C\CCCCCCCC(=O)O.CCCCCCCCCCCCCCCC(=O)Oc1ccc(C(CC)=C(CC)c2ccc(OC(=O)CCCCCCCCCCCCCCC)cc2)cc1.CCN. The molecule has 442 valence electrons. The van der Waals surface area contributed by atoms with E-state index in [0.29, 0.717) is 30.8 Å². The van der Waals surface area contributed by atoms with Gasteiger partial charge in [0.1, 0.15) is 11.5 Å². The van der Waals surface area contributed by atoms with Gasteiger partial charge in [0.15, 0.2) is 0 Å². The molecule has 0 unspecified atom stereocenters. The third kappa shape index (κ3) is 46.9. The van der Waals surface area contributed by atoms with Crippen molar-refractivity contribution in [2.45, 2.75) is 324 Å². The summed E-state index contributed by atoms with van der Waals surface area (Å²) in [5.74, 6) is 0.268. The number of allylic oxidation sites excluding steroid dienone is 4. The van der Waals surface area contributed by atoms with Crippen molar-refractivity contribution in [3.8, 4) is 11.5 Å². The van der Waals surface area contributed by atoms with E-state index < -0.39 is 5.97 Å². The van der Waals surface area contributed by atoms with Crippen LogP contribution >= 0.6 is 0 Å². The van der Waals surface area contributed by atoms with Gasteiger partial charge in [-0.3, -0.25) is 14.4 Å². The molecule has 0 radical (unpaired) electrons. The average Bonchev–Trinajstić information content (AvgIpc) is 3.42. The predicted octanol–water partition coefficient (Wildman–Crippen LogP) is 22.3. The fraction of sp³-hybridized carbons (Fsp3) is 0.729. The van der Waals surface area contributed by atoms with Crippen LogP contribution in [0.1, 0.15) is 335 Å². The van der Waals surface area contributed by atoms with Gasteiger partial charge in [-0.2, -0.15) is 0 Å². The second-order valence-corrected chi connectivity index (χ2v) is 21.8. The topological polar surface area (TPSA) is 116 Å². The van der Waals surface area contributed by atoms with E-state index in [4.69, 9.17) is 20.3 Å². The number of carbonyl (C=O) groups is 3. The third-order valence-electron chi connectivity index (χ3n) is 14.6. The molecule has 0 saturated heterocycles. The van der Waals surface area contributed by atoms with Crippen LogP contribution in [0.2, 0.25) is 0 Å². The molecule has 2 aromatic rings. The molecule has 0 aromatic heterocycles. The van der Waals surface area contributed by atoms with Crippen molar-refractivity contribution in [1.82, 2.24) is 0 Å². The van der Waals surface area contributed by atoms with Crippen LogP contribution in [-0.4, -0.2) is 29.6 Å². The number of hydrogen-bond acceptors (Lipinski definition) is 6. The Morgan fingerprint density at radius 3 is 0.844 bits per heavy atom. The van der Waals surface area contributed by atoms with Gasteiger partial charge in [-0.15, -0.1) is 0 Å². The lowest BCUT2D eigenvalue weighted by molar-refractivity contribution is -0.137. The summed E-state index contributed by atoms with van der Waals surface area (Å²) in [4.78, 5) is 35.4. The average molecular weight is 1070 g/mol. The third-order valence-corrected chi connectivity index (χ3v) is 14.6. The predicted molar refractivity (Wildman–Crippen MR) is 334 cm³/mol. The minimum atomic E-state index is -0.664. The minimum absolute atomic E-state index is 0.142. The number of aliphatic carboxylic acids is 1. The van der Waals surface area contributed by atoms with Crippen molar-refractivity contribution in [2.24, 2.45) is 5.73 Å². The number of esters is 2. The van der Waals surface area contributed by atoms with Gasteiger partial charge in [0.2, 0.25) is 0 Å². The Kier molecular flexibility index (Phi) is 54.2. The molecule has 0 aliphatic rings. The molecule has 0 aliphatic carbocycles. The maximum absolute atomic E-state index is 12.5. The zero-order valence-electron chi connectivity index (χ0n) is 51.2. The molecule has 0 saturated carbocycles. The molecule has 0 fully saturated rings. The van der Waals surface area contributed by atoms with E-state index in [-0.39, 0.29) is 11.9 Å². The van der Waals surface area contributed by atoms with Crippen molar-refractivity contribution in [2.75, 3.05) is 6.54 Å². The lowest BCUT2D eigenvalue weighted by Gasteiger charge is -2.15. The van der Waals surface area contributed by atoms with Gasteiger partial charge in [0, 0.05) is 19.3 Å². The maximum Gasteiger partial charge on any atom is 0.311 e. The van der Waals surface area contributed by atoms with Crippen molar-refractivity contribution in [1.29, 1.82) is 0 Å². The van der Waals surface area contributed by atoms with E-state index in [0.717, 1.165) is 69.0 Å². The Hall–Kier alpha value is -3.71. The summed E-state index contributed by atoms with van der Waals surface area (Å²) < 4.78 is 11.4. The van der Waals surface area contributed by atoms with Crippen molar-refractivity contribution in [3.63, 3.8) is 0 Å². The molecule has 7 heteroatoms. The van der Waals surface area contributed by atoms with E-state index in [1.54, 1.807) is 0 Å². The summed E-state index contributed by atoms with van der Waals surface area (Å²) in [6, 6.07) is 15.9. The van der Waals surface area contributed by atoms with E-state index in [1.165, 1.54) is 223 Å². The van der Waals surface area contributed by atoms with E-state index in [9.17, 15) is 14.4 Å². The van der Waals surface area contributed by atoms with Gasteiger partial charge in [-0.25, -0.2) is 0 Å². The summed E-state index contributed by atoms with van der Waals surface area (Å²) >= 11 is 0. The molecule has 0 bridgehead atoms. The minimum Gasteiger partial charge on any atom is -0.481 e. The zero-order valence-corrected chi connectivity index (χ0v) is 51.2. The van der Waals surface area contributed by atoms with E-state index >= 15 is 0 Å². The second kappa shape index (κ2) is 57.0. The number of carbonyl (C=O) groups excluding carboxylic acids is 2. The molecule has 0 heterocycles. The summed E-state index contributed by atoms with van der Waals surface area (Å²) in [7, 11) is 0. The van der Waals surface area contributed by atoms with Crippen LogP contribution in [0.25, 0.3) is 11.1 Å². The highest BCUT2D eigenvalue weighted by atomic mass is 16.5. The van der Waals surface area contributed by atoms with Crippen LogP contribution in [0.3, 0.4) is 0 Å². The van der Waals surface area contributed by atoms with Gasteiger partial charge < -0.3 is 20.3 Å². The Labute approximate surface area is 475 Å². The van der Waals surface area contributed by atoms with Crippen molar-refractivity contribution < 1.29 is 29.0 Å². The monoisotopic (exact) mass is 1070 g/mol. The largest absolute Gasteiger partial charge is 0.481 e. The van der Waals surface area contributed by atoms with E-state index in [2.05, 4.69) is 71.0 Å². The summed E-state index contributed by atoms with van der Waals surface area (Å²) in [6.45, 7) is 13.8. The molecule has 0 aliphatic heterocycles. The molecular weight excluding hydrogens is 951 g/mol. The molecule has 2 rings (SSSR count). The highest BCUT2D eigenvalue weighted by Crippen LogP contribution is 2.33. The van der Waals surface area contributed by atoms with Gasteiger partial charge in [0.05, 0.1) is 0 Å². The van der Waals surface area contributed by atoms with Gasteiger partial charge in [0.25, 0.3) is 0 Å². The number of hydrogen-bond donors (Lipinski definition) is 2. The highest BCUT2D eigenvalue weighted by Gasteiger charge is 2.12. The number of rotatable bonds is 49. The first-order valence-electron chi connectivity index (χ1n) is 32.6. The number of unbranched alkanes of at least 4 members (excludes halogenated alkanes) is 35. The summed E-state index contributed by atoms with van der Waals surface area (Å²) in [5.41, 5.74) is 9.67. The fourth-order valence-corrected chi connectivity index (χ4v) is 9.92. The number of ether oxygens (including phenoxy) is 2. The van der Waals surface area contributed by atoms with Gasteiger partial charge in [-0.1, -0.05) is 283 Å². The van der Waals surface area contributed by atoms with Crippen molar-refractivity contribution >= 4 is 29.1 Å². The van der Waals surface area contributed by atoms with Crippen molar-refractivity contribution in [3.05, 3.63) is 71.8 Å². The van der Waals surface area contributed by atoms with Crippen LogP contribution in [0.4, 0.5) is 0 Å². The number of carboxylic acid groups (broad SMARTS) is 1. The van der Waals surface area contributed by atoms with Crippen LogP contribution in [0.15, 0.2) is 60.7 Å². The molecule has 0 amide bonds. The van der Waals surface area contributed by atoms with Crippen LogP contribution < -0.4 is 15.2 Å². The number of carboxylic acids is 1. The van der Waals surface area contributed by atoms with Crippen LogP contribution in [0, 0.1) is 0 Å². The molecule has 77 heavy (non-hydrogen) atoms. The lowest BCUT2D eigenvalue weighted by atomic mass is 9.91. The van der Waals surface area contributed by atoms with E-state index in [1.807, 2.05) is 31.2 Å². The first kappa shape index (κ1) is 73.3. The smallest absolute Gasteiger partial charge is 0.311 e. The lowest BCUT2D eigenvalue weighted by Crippen LogP contribution is -2.07. The second-order valence-electron chi connectivity index (χ2n) is 21.8. The van der Waals surface area contributed by atoms with Gasteiger partial charge >= 0.3 is 17.9 Å². The number of nitrogens with two attached hydrogens (primary N) is 1. The fourth-order valence-electron chi connectivity index (χ4n) is 9.92. The molecule has 0 spiro atoms. The van der Waals surface area contributed by atoms with Crippen LogP contribution in [0.5, 0.6) is 11.5 Å². The zero-order chi connectivity index (χ0) is 56.5. The highest BCUT2D eigenvalue weighted by molar-refractivity contribution is 5.91. The molecular formula is C70H121NO6. The molecule has 2 aromatic carbocycles. The maximum atomic E-state index is 12.5. The Morgan fingerprint density at radius 1 is 0.364 bits per heavy atom. The molecule has 0 atom stereocenters. The Morgan fingerprint density at radius 2 is 0.597 bits per heavy atom. The number of benzene rings is 2. The molecule has 7 nitrogen and oxygen atoms in total. The molecule has 3 N–H and O–H groups in total. The van der Waals surface area contributed by atoms with Crippen LogP contribution in [-0.2, 0) is 14.4 Å². The normalized spacial score (nSPS) is 11.4. The standard InChI is InChI=1S/C50H80O4.C18H34O2.C2H7N/c1-5-9-11-13-15-17-19-21-23-25-27-29-31-33-49(51)53-45-39-35-43(36-40-45)47(7-3)48(8-4)44-37-41-46(42-38-44)54-50(52)34-32-30-28-26-24-22-20-18-16-14-12-10-6-2;1-2-3-4-5-6-7-8-9-10-11-12-13-14-15-16-17-18(19)20;1-2-3/h35-42H,5-34H2,1-4H3;9-10H,2-8,11-17H2,1H3,(H,19,20);2-3H2,1H3/b;10-9-;. The Bertz CT molecular complexity index is 1580. The summed E-state index contributed by atoms with van der Waals surface area (Å²) in [6.07, 6.45) is 57.6. The summed E-state index contributed by atoms with van der Waals surface area (Å²) in [5, 5.41) is 8.51. The first-order valence-corrected chi connectivity index (χ1v) is 32.6. The quantitative estimate of drug-likeness (QED) is 0.0223. The van der Waals surface area contributed by atoms with Gasteiger partial charge in [-0.05, 0) is 111 Å². The Balaban J connectivity index is 0.00000209.